The third-order valence-electron chi connectivity index (χ3n) is 4.63. The maximum Gasteiger partial charge on any atom is 0.257 e. The van der Waals surface area contributed by atoms with Crippen molar-refractivity contribution in [3.05, 3.63) is 52.4 Å². The van der Waals surface area contributed by atoms with Crippen LogP contribution < -0.4 is 5.32 Å². The van der Waals surface area contributed by atoms with Crippen LogP contribution in [0.3, 0.4) is 0 Å². The van der Waals surface area contributed by atoms with E-state index in [1.165, 1.54) is 5.56 Å². The van der Waals surface area contributed by atoms with Gasteiger partial charge < -0.3 is 14.6 Å². The zero-order chi connectivity index (χ0) is 18.5. The number of hydrogen-bond acceptors (Lipinski definition) is 5. The van der Waals surface area contributed by atoms with Crippen molar-refractivity contribution in [1.29, 1.82) is 0 Å². The van der Waals surface area contributed by atoms with Crippen LogP contribution in [0.4, 0.5) is 0 Å². The van der Waals surface area contributed by atoms with E-state index in [2.05, 4.69) is 39.6 Å². The van der Waals surface area contributed by atoms with Crippen LogP contribution in [0.15, 0.2) is 28.8 Å². The highest BCUT2D eigenvalue weighted by atomic mass is 16.5. The average molecular weight is 357 g/mol. The summed E-state index contributed by atoms with van der Waals surface area (Å²) in [7, 11) is 0. The molecule has 2 aromatic rings. The number of hydrogen-bond donors (Lipinski definition) is 1. The molecule has 6 heteroatoms. The molecule has 6 nitrogen and oxygen atoms in total. The van der Waals surface area contributed by atoms with Crippen molar-refractivity contribution >= 4 is 5.91 Å². The Labute approximate surface area is 154 Å². The van der Waals surface area contributed by atoms with Crippen LogP contribution in [0.1, 0.15) is 52.7 Å². The molecule has 1 saturated heterocycles. The Kier molecular flexibility index (Phi) is 6.06. The molecule has 0 saturated carbocycles. The number of aryl methyl sites for hydroxylation is 1. The van der Waals surface area contributed by atoms with E-state index in [4.69, 9.17) is 9.26 Å². The fourth-order valence-electron chi connectivity index (χ4n) is 3.11. The molecule has 0 unspecified atom stereocenters. The molecular weight excluding hydrogens is 330 g/mol. The molecule has 1 amide bonds. The van der Waals surface area contributed by atoms with Gasteiger partial charge in [-0.3, -0.25) is 9.69 Å². The van der Waals surface area contributed by atoms with Gasteiger partial charge in [0.1, 0.15) is 5.56 Å². The number of amides is 1. The topological polar surface area (TPSA) is 67.6 Å². The maximum absolute atomic E-state index is 12.5. The number of rotatable bonds is 6. The third kappa shape index (κ3) is 4.51. The number of aromatic nitrogens is 1. The van der Waals surface area contributed by atoms with Gasteiger partial charge in [-0.25, -0.2) is 0 Å². The predicted octanol–water partition coefficient (Wildman–Crippen LogP) is 2.87. The third-order valence-corrected chi connectivity index (χ3v) is 4.63. The zero-order valence-electron chi connectivity index (χ0n) is 15.7. The Bertz CT molecular complexity index is 731. The lowest BCUT2D eigenvalue weighted by Crippen LogP contribution is -2.35. The average Bonchev–Trinajstić information content (AvgIpc) is 3.04. The second-order valence-electron chi connectivity index (χ2n) is 7.05. The molecule has 0 spiro atoms. The summed E-state index contributed by atoms with van der Waals surface area (Å²) < 4.78 is 10.7. The van der Waals surface area contributed by atoms with Crippen LogP contribution >= 0.6 is 0 Å². The molecule has 1 fully saturated rings. The normalized spacial score (nSPS) is 15.4. The molecule has 1 aromatic carbocycles. The monoisotopic (exact) mass is 357 g/mol. The lowest BCUT2D eigenvalue weighted by atomic mass is 10.0. The number of carbonyl (C=O) groups excluding carboxylic acids is 1. The van der Waals surface area contributed by atoms with E-state index in [1.54, 1.807) is 6.92 Å². The molecular formula is C20H27N3O3. The Balaban J connectivity index is 1.56. The first-order valence-corrected chi connectivity index (χ1v) is 9.17. The van der Waals surface area contributed by atoms with Gasteiger partial charge in [0, 0.05) is 32.1 Å². The second-order valence-corrected chi connectivity index (χ2v) is 7.05. The summed E-state index contributed by atoms with van der Waals surface area (Å²) in [5.74, 6) is 0.627. The van der Waals surface area contributed by atoms with Crippen molar-refractivity contribution in [2.75, 3.05) is 26.3 Å². The molecule has 0 atom stereocenters. The fourth-order valence-corrected chi connectivity index (χ4v) is 3.11. The maximum atomic E-state index is 12.5. The highest BCUT2D eigenvalue weighted by Gasteiger charge is 2.22. The highest BCUT2D eigenvalue weighted by Crippen LogP contribution is 2.22. The highest BCUT2D eigenvalue weighted by molar-refractivity contribution is 5.96. The first-order valence-electron chi connectivity index (χ1n) is 9.17. The quantitative estimate of drug-likeness (QED) is 0.861. The number of nitrogens with one attached hydrogen (secondary N) is 1. The predicted molar refractivity (Wildman–Crippen MR) is 99.0 cm³/mol. The zero-order valence-corrected chi connectivity index (χ0v) is 15.7. The Morgan fingerprint density at radius 1 is 1.19 bits per heavy atom. The number of carbonyl (C=O) groups is 1. The van der Waals surface area contributed by atoms with Crippen LogP contribution in [0, 0.1) is 6.92 Å². The molecule has 1 aliphatic heterocycles. The summed E-state index contributed by atoms with van der Waals surface area (Å²) in [4.78, 5) is 14.9. The Morgan fingerprint density at radius 2 is 1.85 bits per heavy atom. The summed E-state index contributed by atoms with van der Waals surface area (Å²) in [6.45, 7) is 10.8. The van der Waals surface area contributed by atoms with Crippen LogP contribution in [0.5, 0.6) is 0 Å². The molecule has 140 valence electrons. The molecule has 0 bridgehead atoms. The van der Waals surface area contributed by atoms with Gasteiger partial charge in [-0.2, -0.15) is 0 Å². The minimum Gasteiger partial charge on any atom is -0.379 e. The summed E-state index contributed by atoms with van der Waals surface area (Å²) >= 11 is 0. The lowest BCUT2D eigenvalue weighted by molar-refractivity contribution is 0.0342. The van der Waals surface area contributed by atoms with Gasteiger partial charge in [0.15, 0.2) is 5.76 Å². The van der Waals surface area contributed by atoms with Gasteiger partial charge in [0.25, 0.3) is 5.91 Å². The summed E-state index contributed by atoms with van der Waals surface area (Å²) in [6.07, 6.45) is 0. The summed E-state index contributed by atoms with van der Waals surface area (Å²) in [5.41, 5.74) is 3.54. The van der Waals surface area contributed by atoms with Crippen molar-refractivity contribution in [3.63, 3.8) is 0 Å². The van der Waals surface area contributed by atoms with Crippen molar-refractivity contribution in [3.8, 4) is 0 Å². The van der Waals surface area contributed by atoms with Crippen molar-refractivity contribution in [1.82, 2.24) is 15.4 Å². The fraction of sp³-hybridized carbons (Fsp3) is 0.500. The van der Waals surface area contributed by atoms with Crippen molar-refractivity contribution in [2.24, 2.45) is 0 Å². The molecule has 1 aromatic heterocycles. The number of morpholine rings is 1. The first kappa shape index (κ1) is 18.6. The van der Waals surface area contributed by atoms with Crippen LogP contribution in [-0.4, -0.2) is 42.3 Å². The molecule has 1 N–H and O–H groups in total. The van der Waals surface area contributed by atoms with Crippen LogP contribution in [0.2, 0.25) is 0 Å². The van der Waals surface area contributed by atoms with Crippen LogP contribution in [0.25, 0.3) is 0 Å². The SMILES string of the molecule is Cc1noc(C(C)C)c1C(=O)NCc1ccc(CN2CCOCC2)cc1. The minimum absolute atomic E-state index is 0.122. The van der Waals surface area contributed by atoms with Gasteiger partial charge >= 0.3 is 0 Å². The van der Waals surface area contributed by atoms with Gasteiger partial charge in [-0.1, -0.05) is 43.3 Å². The lowest BCUT2D eigenvalue weighted by Gasteiger charge is -2.26. The minimum atomic E-state index is -0.134. The second kappa shape index (κ2) is 8.47. The van der Waals surface area contributed by atoms with Gasteiger partial charge in [-0.05, 0) is 18.1 Å². The van der Waals surface area contributed by atoms with Crippen LogP contribution in [-0.2, 0) is 17.8 Å². The summed E-state index contributed by atoms with van der Waals surface area (Å²) in [6, 6.07) is 8.39. The molecule has 0 radical (unpaired) electrons. The van der Waals surface area contributed by atoms with E-state index in [0.29, 0.717) is 23.6 Å². The van der Waals surface area contributed by atoms with E-state index < -0.39 is 0 Å². The van der Waals surface area contributed by atoms with Crippen molar-refractivity contribution in [2.45, 2.75) is 39.8 Å². The molecule has 0 aliphatic carbocycles. The van der Waals surface area contributed by atoms with E-state index in [-0.39, 0.29) is 11.8 Å². The Morgan fingerprint density at radius 3 is 2.50 bits per heavy atom. The standard InChI is InChI=1S/C20H27N3O3/c1-14(2)19-18(15(3)22-26-19)20(24)21-12-16-4-6-17(7-5-16)13-23-8-10-25-11-9-23/h4-7,14H,8-13H2,1-3H3,(H,21,24). The summed E-state index contributed by atoms with van der Waals surface area (Å²) in [5, 5.41) is 6.90. The number of ether oxygens (including phenoxy) is 1. The molecule has 2 heterocycles. The molecule has 3 rings (SSSR count). The van der Waals surface area contributed by atoms with E-state index >= 15 is 0 Å². The van der Waals surface area contributed by atoms with E-state index in [0.717, 1.165) is 38.4 Å². The van der Waals surface area contributed by atoms with Gasteiger partial charge in [-0.15, -0.1) is 0 Å². The Hall–Kier alpha value is -2.18. The smallest absolute Gasteiger partial charge is 0.257 e. The largest absolute Gasteiger partial charge is 0.379 e. The molecule has 1 aliphatic rings. The van der Waals surface area contributed by atoms with E-state index in [9.17, 15) is 4.79 Å². The van der Waals surface area contributed by atoms with Crippen molar-refractivity contribution < 1.29 is 14.1 Å². The van der Waals surface area contributed by atoms with Gasteiger partial charge in [0.2, 0.25) is 0 Å². The van der Waals surface area contributed by atoms with E-state index in [1.807, 2.05) is 13.8 Å². The number of benzene rings is 1. The molecule has 26 heavy (non-hydrogen) atoms. The first-order chi connectivity index (χ1) is 12.5. The van der Waals surface area contributed by atoms with Gasteiger partial charge in [0.05, 0.1) is 18.9 Å². The number of nitrogens with zero attached hydrogens (tertiary/aromatic N) is 2.